The van der Waals surface area contributed by atoms with E-state index in [1.807, 2.05) is 20.8 Å². The summed E-state index contributed by atoms with van der Waals surface area (Å²) >= 11 is 0. The molecule has 0 rings (SSSR count). The summed E-state index contributed by atoms with van der Waals surface area (Å²) in [6, 6.07) is 6.55. The third-order valence-electron chi connectivity index (χ3n) is 3.16. The predicted octanol–water partition coefficient (Wildman–Crippen LogP) is 2.86. The van der Waals surface area contributed by atoms with Crippen LogP contribution in [-0.4, -0.2) is 0 Å². The van der Waals surface area contributed by atoms with Crippen LogP contribution in [0, 0.1) is 57.2 Å². The van der Waals surface area contributed by atoms with Gasteiger partial charge in [0.15, 0.2) is 0 Å². The van der Waals surface area contributed by atoms with Crippen LogP contribution in [0.5, 0.6) is 0 Å². The molecular weight excluding hydrogens is 186 g/mol. The molecule has 0 aromatic carbocycles. The lowest BCUT2D eigenvalue weighted by atomic mass is 9.69. The third-order valence-corrected chi connectivity index (χ3v) is 3.16. The van der Waals surface area contributed by atoms with Gasteiger partial charge in [0.2, 0.25) is 0 Å². The number of hydrogen-bond donors (Lipinski definition) is 0. The van der Waals surface area contributed by atoms with Crippen LogP contribution in [0.4, 0.5) is 0 Å². The maximum atomic E-state index is 9.18. The molecule has 0 radical (unpaired) electrons. The smallest absolute Gasteiger partial charge is 0.0690 e. The normalized spacial score (nSPS) is 19.8. The van der Waals surface area contributed by atoms with Gasteiger partial charge in [-0.15, -0.1) is 0 Å². The van der Waals surface area contributed by atoms with Gasteiger partial charge in [-0.3, -0.25) is 0 Å². The highest BCUT2D eigenvalue weighted by Crippen LogP contribution is 2.37. The Bertz CT molecular complexity index is 328. The average molecular weight is 203 g/mol. The minimum absolute atomic E-state index is 0.0247. The molecule has 4 atom stereocenters. The van der Waals surface area contributed by atoms with Crippen molar-refractivity contribution in [2.24, 2.45) is 23.2 Å². The summed E-state index contributed by atoms with van der Waals surface area (Å²) in [5.41, 5.74) is -0.593. The second-order valence-corrected chi connectivity index (χ2v) is 4.47. The zero-order valence-electron chi connectivity index (χ0n) is 9.78. The third kappa shape index (κ3) is 3.26. The van der Waals surface area contributed by atoms with Crippen molar-refractivity contribution < 1.29 is 0 Å². The average Bonchev–Trinajstić information content (AvgIpc) is 2.26. The standard InChI is InChI=1S/C12H17N3/c1-9(6-13)5-12(4,8-15)11(3)10(2)7-14/h9-11H,5H2,1-4H3/t9?,10?,11?,12-/m0/s1. The Hall–Kier alpha value is -1.53. The molecule has 0 aliphatic carbocycles. The quantitative estimate of drug-likeness (QED) is 0.705. The van der Waals surface area contributed by atoms with E-state index in [4.69, 9.17) is 10.5 Å². The molecule has 0 bridgehead atoms. The first-order valence-corrected chi connectivity index (χ1v) is 5.11. The van der Waals surface area contributed by atoms with Crippen LogP contribution in [-0.2, 0) is 0 Å². The topological polar surface area (TPSA) is 71.4 Å². The monoisotopic (exact) mass is 203 g/mol. The molecule has 0 aromatic heterocycles. The molecule has 0 aliphatic rings. The molecule has 0 spiro atoms. The Kier molecular flexibility index (Phi) is 4.83. The van der Waals surface area contributed by atoms with Crippen LogP contribution >= 0.6 is 0 Å². The van der Waals surface area contributed by atoms with Crippen LogP contribution in [0.3, 0.4) is 0 Å². The van der Waals surface area contributed by atoms with Gasteiger partial charge < -0.3 is 0 Å². The molecule has 3 heteroatoms. The molecule has 0 N–H and O–H groups in total. The van der Waals surface area contributed by atoms with Gasteiger partial charge >= 0.3 is 0 Å². The van der Waals surface area contributed by atoms with E-state index in [-0.39, 0.29) is 17.8 Å². The summed E-state index contributed by atoms with van der Waals surface area (Å²) in [5.74, 6) is -0.341. The van der Waals surface area contributed by atoms with Crippen molar-refractivity contribution in [2.75, 3.05) is 0 Å². The highest BCUT2D eigenvalue weighted by molar-refractivity contribution is 5.05. The summed E-state index contributed by atoms with van der Waals surface area (Å²) in [6.07, 6.45) is 0.521. The van der Waals surface area contributed by atoms with Gasteiger partial charge in [-0.05, 0) is 33.1 Å². The summed E-state index contributed by atoms with van der Waals surface area (Å²) in [5, 5.41) is 26.8. The summed E-state index contributed by atoms with van der Waals surface area (Å²) < 4.78 is 0. The molecule has 80 valence electrons. The first-order valence-electron chi connectivity index (χ1n) is 5.11. The van der Waals surface area contributed by atoms with E-state index in [1.165, 1.54) is 0 Å². The fraction of sp³-hybridized carbons (Fsp3) is 0.750. The Labute approximate surface area is 91.9 Å². The number of rotatable bonds is 4. The second-order valence-electron chi connectivity index (χ2n) is 4.47. The second kappa shape index (κ2) is 5.38. The Morgan fingerprint density at radius 2 is 1.60 bits per heavy atom. The molecule has 3 nitrogen and oxygen atoms in total. The van der Waals surface area contributed by atoms with Gasteiger partial charge in [-0.25, -0.2) is 0 Å². The molecule has 0 aliphatic heterocycles. The Morgan fingerprint density at radius 1 is 1.07 bits per heavy atom. The van der Waals surface area contributed by atoms with Crippen molar-refractivity contribution in [2.45, 2.75) is 34.1 Å². The van der Waals surface area contributed by atoms with Crippen molar-refractivity contribution >= 4 is 0 Å². The van der Waals surface area contributed by atoms with Crippen molar-refractivity contribution in [1.29, 1.82) is 15.8 Å². The Balaban J connectivity index is 4.82. The van der Waals surface area contributed by atoms with E-state index < -0.39 is 5.41 Å². The van der Waals surface area contributed by atoms with E-state index in [9.17, 15) is 5.26 Å². The van der Waals surface area contributed by atoms with Crippen LogP contribution < -0.4 is 0 Å². The number of nitriles is 3. The predicted molar refractivity (Wildman–Crippen MR) is 57.1 cm³/mol. The maximum Gasteiger partial charge on any atom is 0.0690 e. The molecule has 0 heterocycles. The van der Waals surface area contributed by atoms with Gasteiger partial charge in [0.05, 0.1) is 23.6 Å². The van der Waals surface area contributed by atoms with Crippen LogP contribution in [0.1, 0.15) is 34.1 Å². The zero-order valence-corrected chi connectivity index (χ0v) is 9.78. The number of nitrogens with zero attached hydrogens (tertiary/aromatic N) is 3. The van der Waals surface area contributed by atoms with E-state index >= 15 is 0 Å². The highest BCUT2D eigenvalue weighted by Gasteiger charge is 2.36. The number of hydrogen-bond acceptors (Lipinski definition) is 3. The van der Waals surface area contributed by atoms with E-state index in [0.717, 1.165) is 0 Å². The minimum Gasteiger partial charge on any atom is -0.198 e. The SMILES string of the molecule is CC(C#N)C[C@@](C)(C#N)C(C)C(C)C#N. The van der Waals surface area contributed by atoms with Gasteiger partial charge in [-0.2, -0.15) is 15.8 Å². The fourth-order valence-corrected chi connectivity index (χ4v) is 1.68. The van der Waals surface area contributed by atoms with Crippen molar-refractivity contribution in [3.8, 4) is 18.2 Å². The van der Waals surface area contributed by atoms with Crippen molar-refractivity contribution in [3.05, 3.63) is 0 Å². The highest BCUT2D eigenvalue weighted by atomic mass is 14.4. The summed E-state index contributed by atoms with van der Waals surface area (Å²) in [6.45, 7) is 7.36. The van der Waals surface area contributed by atoms with E-state index in [0.29, 0.717) is 6.42 Å². The van der Waals surface area contributed by atoms with E-state index in [1.54, 1.807) is 6.92 Å². The molecule has 15 heavy (non-hydrogen) atoms. The van der Waals surface area contributed by atoms with Gasteiger partial charge in [0, 0.05) is 11.8 Å². The molecular formula is C12H17N3. The lowest BCUT2D eigenvalue weighted by Crippen LogP contribution is -2.29. The summed E-state index contributed by atoms with van der Waals surface area (Å²) in [7, 11) is 0. The molecule has 0 aromatic rings. The largest absolute Gasteiger partial charge is 0.198 e. The Morgan fingerprint density at radius 3 is 1.93 bits per heavy atom. The maximum absolute atomic E-state index is 9.18. The molecule has 0 saturated carbocycles. The van der Waals surface area contributed by atoms with Crippen LogP contribution in [0.15, 0.2) is 0 Å². The van der Waals surface area contributed by atoms with Crippen LogP contribution in [0.2, 0.25) is 0 Å². The molecule has 3 unspecified atom stereocenters. The lowest BCUT2D eigenvalue weighted by Gasteiger charge is -2.31. The first-order chi connectivity index (χ1) is 6.91. The van der Waals surface area contributed by atoms with Crippen molar-refractivity contribution in [1.82, 2.24) is 0 Å². The minimum atomic E-state index is -0.593. The van der Waals surface area contributed by atoms with Crippen LogP contribution in [0.25, 0.3) is 0 Å². The van der Waals surface area contributed by atoms with Gasteiger partial charge in [0.25, 0.3) is 0 Å². The summed E-state index contributed by atoms with van der Waals surface area (Å²) in [4.78, 5) is 0. The van der Waals surface area contributed by atoms with E-state index in [2.05, 4.69) is 18.2 Å². The molecule has 0 amide bonds. The lowest BCUT2D eigenvalue weighted by molar-refractivity contribution is 0.208. The van der Waals surface area contributed by atoms with Crippen molar-refractivity contribution in [3.63, 3.8) is 0 Å². The molecule has 0 fully saturated rings. The van der Waals surface area contributed by atoms with Gasteiger partial charge in [-0.1, -0.05) is 6.92 Å². The fourth-order valence-electron chi connectivity index (χ4n) is 1.68. The van der Waals surface area contributed by atoms with Gasteiger partial charge in [0.1, 0.15) is 0 Å². The first kappa shape index (κ1) is 13.5. The molecule has 0 saturated heterocycles. The zero-order chi connectivity index (χ0) is 12.1.